The monoisotopic (exact) mass is 273 g/mol. The standard InChI is InChI=1S/C16H19NO3/c18-15(17-14-9-3-8-13(14)16(19)20)12-7-2-5-10-4-1-6-11(10)12/h2,5,7,13-14H,1,3-4,6,8-9H2,(H,17,18)(H,19,20)/t13-,14+/m1/s1. The molecule has 2 N–H and O–H groups in total. The number of amides is 1. The second-order valence-electron chi connectivity index (χ2n) is 5.75. The molecule has 106 valence electrons. The van der Waals surface area contributed by atoms with Gasteiger partial charge in [0.1, 0.15) is 0 Å². The highest BCUT2D eigenvalue weighted by atomic mass is 16.4. The van der Waals surface area contributed by atoms with Crippen LogP contribution in [0.5, 0.6) is 0 Å². The van der Waals surface area contributed by atoms with Gasteiger partial charge >= 0.3 is 5.97 Å². The third-order valence-electron chi connectivity index (χ3n) is 4.54. The Morgan fingerprint density at radius 2 is 2.00 bits per heavy atom. The molecule has 20 heavy (non-hydrogen) atoms. The average molecular weight is 273 g/mol. The quantitative estimate of drug-likeness (QED) is 0.887. The highest BCUT2D eigenvalue weighted by Crippen LogP contribution is 2.28. The summed E-state index contributed by atoms with van der Waals surface area (Å²) < 4.78 is 0. The first kappa shape index (κ1) is 13.2. The van der Waals surface area contributed by atoms with E-state index in [4.69, 9.17) is 0 Å². The fraction of sp³-hybridized carbons (Fsp3) is 0.500. The zero-order valence-electron chi connectivity index (χ0n) is 11.4. The maximum absolute atomic E-state index is 12.4. The molecule has 4 heteroatoms. The zero-order valence-corrected chi connectivity index (χ0v) is 11.4. The van der Waals surface area contributed by atoms with Gasteiger partial charge in [-0.15, -0.1) is 0 Å². The van der Waals surface area contributed by atoms with Gasteiger partial charge in [0, 0.05) is 11.6 Å². The molecule has 0 aromatic heterocycles. The molecule has 1 amide bonds. The molecule has 0 bridgehead atoms. The van der Waals surface area contributed by atoms with Crippen LogP contribution in [0.4, 0.5) is 0 Å². The lowest BCUT2D eigenvalue weighted by molar-refractivity contribution is -0.142. The normalized spacial score (nSPS) is 24.4. The van der Waals surface area contributed by atoms with E-state index in [9.17, 15) is 14.7 Å². The third kappa shape index (κ3) is 2.30. The Balaban J connectivity index is 1.77. The van der Waals surface area contributed by atoms with E-state index in [0.717, 1.165) is 43.2 Å². The zero-order chi connectivity index (χ0) is 14.1. The molecule has 2 atom stereocenters. The molecule has 1 aromatic rings. The summed E-state index contributed by atoms with van der Waals surface area (Å²) in [5.74, 6) is -1.34. The lowest BCUT2D eigenvalue weighted by atomic mass is 10.0. The number of carbonyl (C=O) groups excluding carboxylic acids is 1. The van der Waals surface area contributed by atoms with Crippen LogP contribution in [-0.2, 0) is 17.6 Å². The number of benzene rings is 1. The smallest absolute Gasteiger partial charge is 0.308 e. The number of rotatable bonds is 3. The maximum atomic E-state index is 12.4. The molecule has 0 radical (unpaired) electrons. The van der Waals surface area contributed by atoms with Gasteiger partial charge in [-0.1, -0.05) is 18.6 Å². The molecule has 2 aliphatic carbocycles. The van der Waals surface area contributed by atoms with E-state index in [0.29, 0.717) is 6.42 Å². The highest BCUT2D eigenvalue weighted by molar-refractivity contribution is 5.96. The van der Waals surface area contributed by atoms with Crippen LogP contribution in [0.3, 0.4) is 0 Å². The minimum absolute atomic E-state index is 0.109. The minimum atomic E-state index is -0.800. The Morgan fingerprint density at radius 3 is 2.80 bits per heavy atom. The van der Waals surface area contributed by atoms with E-state index in [1.165, 1.54) is 5.56 Å². The molecule has 0 spiro atoms. The summed E-state index contributed by atoms with van der Waals surface area (Å²) in [7, 11) is 0. The minimum Gasteiger partial charge on any atom is -0.481 e. The molecule has 0 aliphatic heterocycles. The number of carboxylic acid groups (broad SMARTS) is 1. The molecular formula is C16H19NO3. The third-order valence-corrected chi connectivity index (χ3v) is 4.54. The van der Waals surface area contributed by atoms with Gasteiger partial charge in [0.25, 0.3) is 5.91 Å². The van der Waals surface area contributed by atoms with Crippen LogP contribution in [-0.4, -0.2) is 23.0 Å². The molecule has 0 saturated heterocycles. The number of hydrogen-bond donors (Lipinski definition) is 2. The highest BCUT2D eigenvalue weighted by Gasteiger charge is 2.34. The Morgan fingerprint density at radius 1 is 1.15 bits per heavy atom. The Bertz CT molecular complexity index is 553. The Labute approximate surface area is 118 Å². The molecule has 0 heterocycles. The molecule has 4 nitrogen and oxygen atoms in total. The maximum Gasteiger partial charge on any atom is 0.308 e. The fourth-order valence-electron chi connectivity index (χ4n) is 3.51. The van der Waals surface area contributed by atoms with Crippen LogP contribution in [0.1, 0.15) is 47.2 Å². The molecule has 0 unspecified atom stereocenters. The lowest BCUT2D eigenvalue weighted by Gasteiger charge is -2.18. The summed E-state index contributed by atoms with van der Waals surface area (Å²) in [6.07, 6.45) is 5.38. The van der Waals surface area contributed by atoms with Crippen molar-refractivity contribution in [3.05, 3.63) is 34.9 Å². The van der Waals surface area contributed by atoms with Gasteiger partial charge in [-0.2, -0.15) is 0 Å². The fourth-order valence-corrected chi connectivity index (χ4v) is 3.51. The molecule has 1 fully saturated rings. The average Bonchev–Trinajstić information content (AvgIpc) is 3.05. The van der Waals surface area contributed by atoms with Crippen molar-refractivity contribution in [3.8, 4) is 0 Å². The number of hydrogen-bond acceptors (Lipinski definition) is 2. The van der Waals surface area contributed by atoms with Crippen molar-refractivity contribution >= 4 is 11.9 Å². The molecule has 3 rings (SSSR count). The van der Waals surface area contributed by atoms with Crippen LogP contribution in [0.2, 0.25) is 0 Å². The Kier molecular flexibility index (Phi) is 3.47. The van der Waals surface area contributed by atoms with Gasteiger partial charge < -0.3 is 10.4 Å². The van der Waals surface area contributed by atoms with Crippen molar-refractivity contribution in [3.63, 3.8) is 0 Å². The van der Waals surface area contributed by atoms with E-state index in [2.05, 4.69) is 11.4 Å². The number of carbonyl (C=O) groups is 2. The SMILES string of the molecule is O=C(N[C@H]1CCC[C@H]1C(=O)O)c1cccc2c1CCC2. The summed E-state index contributed by atoms with van der Waals surface area (Å²) in [4.78, 5) is 23.6. The lowest BCUT2D eigenvalue weighted by Crippen LogP contribution is -2.40. The number of aryl methyl sites for hydroxylation is 1. The van der Waals surface area contributed by atoms with Gasteiger partial charge in [0.15, 0.2) is 0 Å². The summed E-state index contributed by atoms with van der Waals surface area (Å²) >= 11 is 0. The molecular weight excluding hydrogens is 254 g/mol. The van der Waals surface area contributed by atoms with Gasteiger partial charge in [0.2, 0.25) is 0 Å². The van der Waals surface area contributed by atoms with E-state index < -0.39 is 11.9 Å². The van der Waals surface area contributed by atoms with Gasteiger partial charge in [-0.25, -0.2) is 0 Å². The predicted octanol–water partition coefficient (Wildman–Crippen LogP) is 2.16. The first-order valence-electron chi connectivity index (χ1n) is 7.31. The van der Waals surface area contributed by atoms with Crippen LogP contribution < -0.4 is 5.32 Å². The van der Waals surface area contributed by atoms with E-state index in [1.54, 1.807) is 0 Å². The summed E-state index contributed by atoms with van der Waals surface area (Å²) in [5.41, 5.74) is 3.14. The van der Waals surface area contributed by atoms with E-state index >= 15 is 0 Å². The van der Waals surface area contributed by atoms with E-state index in [1.807, 2.05) is 12.1 Å². The van der Waals surface area contributed by atoms with Gasteiger partial charge in [-0.3, -0.25) is 9.59 Å². The molecule has 1 aromatic carbocycles. The van der Waals surface area contributed by atoms with Crippen molar-refractivity contribution < 1.29 is 14.7 Å². The second kappa shape index (κ2) is 5.27. The number of aliphatic carboxylic acids is 1. The van der Waals surface area contributed by atoms with Crippen molar-refractivity contribution in [2.75, 3.05) is 0 Å². The molecule has 2 aliphatic rings. The van der Waals surface area contributed by atoms with Crippen LogP contribution >= 0.6 is 0 Å². The number of nitrogens with one attached hydrogen (secondary N) is 1. The van der Waals surface area contributed by atoms with Crippen molar-refractivity contribution in [1.29, 1.82) is 0 Å². The summed E-state index contributed by atoms with van der Waals surface area (Å²) in [6, 6.07) is 5.62. The van der Waals surface area contributed by atoms with Crippen molar-refractivity contribution in [1.82, 2.24) is 5.32 Å². The number of fused-ring (bicyclic) bond motifs is 1. The number of carboxylic acids is 1. The topological polar surface area (TPSA) is 66.4 Å². The summed E-state index contributed by atoms with van der Waals surface area (Å²) in [6.45, 7) is 0. The van der Waals surface area contributed by atoms with Gasteiger partial charge in [0.05, 0.1) is 5.92 Å². The van der Waals surface area contributed by atoms with Crippen LogP contribution in [0.15, 0.2) is 18.2 Å². The molecule has 1 saturated carbocycles. The van der Waals surface area contributed by atoms with Crippen molar-refractivity contribution in [2.24, 2.45) is 5.92 Å². The van der Waals surface area contributed by atoms with Crippen LogP contribution in [0.25, 0.3) is 0 Å². The largest absolute Gasteiger partial charge is 0.481 e. The van der Waals surface area contributed by atoms with Gasteiger partial charge in [-0.05, 0) is 49.3 Å². The first-order chi connectivity index (χ1) is 9.66. The van der Waals surface area contributed by atoms with Crippen LogP contribution in [0, 0.1) is 5.92 Å². The predicted molar refractivity (Wildman–Crippen MR) is 74.7 cm³/mol. The van der Waals surface area contributed by atoms with Crippen molar-refractivity contribution in [2.45, 2.75) is 44.6 Å². The van der Waals surface area contributed by atoms with E-state index in [-0.39, 0.29) is 11.9 Å². The first-order valence-corrected chi connectivity index (χ1v) is 7.31. The summed E-state index contributed by atoms with van der Waals surface area (Å²) in [5, 5.41) is 12.1. The Hall–Kier alpha value is -1.84. The second-order valence-corrected chi connectivity index (χ2v) is 5.75.